The summed E-state index contributed by atoms with van der Waals surface area (Å²) in [5.74, 6) is 0.986. The summed E-state index contributed by atoms with van der Waals surface area (Å²) in [6.07, 6.45) is 7.22. The second-order valence-electron chi connectivity index (χ2n) is 6.60. The Bertz CT molecular complexity index is 447. The van der Waals surface area contributed by atoms with Gasteiger partial charge in [0.15, 0.2) is 6.61 Å². The molecule has 0 spiro atoms. The van der Waals surface area contributed by atoms with Crippen molar-refractivity contribution >= 4 is 17.9 Å². The molecule has 116 valence electrons. The molecule has 3 aliphatic carbocycles. The molecule has 0 aromatic carbocycles. The highest BCUT2D eigenvalue weighted by Gasteiger charge is 2.40. The fourth-order valence-corrected chi connectivity index (χ4v) is 3.66. The lowest BCUT2D eigenvalue weighted by Gasteiger charge is -2.20. The third-order valence-corrected chi connectivity index (χ3v) is 4.84. The maximum absolute atomic E-state index is 11.8. The largest absolute Gasteiger partial charge is 0.456 e. The van der Waals surface area contributed by atoms with Gasteiger partial charge in [-0.25, -0.2) is 4.79 Å². The molecule has 3 rings (SSSR count). The molecule has 0 aliphatic heterocycles. The fraction of sp³-hybridized carbons (Fsp3) is 0.800. The van der Waals surface area contributed by atoms with E-state index in [-0.39, 0.29) is 18.6 Å². The highest BCUT2D eigenvalue weighted by molar-refractivity contribution is 5.95. The van der Waals surface area contributed by atoms with Gasteiger partial charge < -0.3 is 10.1 Å². The van der Waals surface area contributed by atoms with Crippen LogP contribution in [0, 0.1) is 17.8 Å². The van der Waals surface area contributed by atoms with E-state index in [4.69, 9.17) is 4.74 Å². The topological polar surface area (TPSA) is 84.5 Å². The summed E-state index contributed by atoms with van der Waals surface area (Å²) >= 11 is 0. The predicted molar refractivity (Wildman–Crippen MR) is 74.2 cm³/mol. The van der Waals surface area contributed by atoms with Gasteiger partial charge in [0.25, 0.3) is 5.91 Å². The van der Waals surface area contributed by atoms with Gasteiger partial charge in [-0.1, -0.05) is 6.42 Å². The molecule has 3 amide bonds. The molecule has 3 fully saturated rings. The zero-order valence-corrected chi connectivity index (χ0v) is 12.1. The lowest BCUT2D eigenvalue weighted by molar-refractivity contribution is -0.149. The van der Waals surface area contributed by atoms with Crippen molar-refractivity contribution in [3.63, 3.8) is 0 Å². The van der Waals surface area contributed by atoms with E-state index in [0.29, 0.717) is 18.3 Å². The van der Waals surface area contributed by atoms with E-state index in [2.05, 4.69) is 10.6 Å². The Morgan fingerprint density at radius 3 is 2.48 bits per heavy atom. The maximum atomic E-state index is 11.8. The highest BCUT2D eigenvalue weighted by Crippen LogP contribution is 2.49. The van der Waals surface area contributed by atoms with Gasteiger partial charge >= 0.3 is 12.0 Å². The van der Waals surface area contributed by atoms with Crippen molar-refractivity contribution in [1.29, 1.82) is 0 Å². The Hall–Kier alpha value is -1.59. The molecule has 0 heterocycles. The minimum absolute atomic E-state index is 0.193. The lowest BCUT2D eigenvalue weighted by atomic mass is 9.86. The number of amides is 3. The van der Waals surface area contributed by atoms with Crippen LogP contribution in [0.4, 0.5) is 4.79 Å². The van der Waals surface area contributed by atoms with Gasteiger partial charge in [-0.3, -0.25) is 14.9 Å². The van der Waals surface area contributed by atoms with Gasteiger partial charge in [0.1, 0.15) is 0 Å². The maximum Gasteiger partial charge on any atom is 0.321 e. The van der Waals surface area contributed by atoms with Crippen molar-refractivity contribution in [2.45, 2.75) is 51.0 Å². The third kappa shape index (κ3) is 3.95. The van der Waals surface area contributed by atoms with Gasteiger partial charge in [0.2, 0.25) is 0 Å². The normalized spacial score (nSPS) is 30.0. The van der Waals surface area contributed by atoms with E-state index in [1.54, 1.807) is 0 Å². The fourth-order valence-electron chi connectivity index (χ4n) is 3.66. The van der Waals surface area contributed by atoms with Crippen molar-refractivity contribution in [2.24, 2.45) is 17.8 Å². The van der Waals surface area contributed by atoms with Crippen molar-refractivity contribution < 1.29 is 19.1 Å². The number of nitrogens with one attached hydrogen (secondary N) is 2. The van der Waals surface area contributed by atoms with Crippen LogP contribution in [0.15, 0.2) is 0 Å². The first kappa shape index (κ1) is 14.4. The number of hydrogen-bond donors (Lipinski definition) is 2. The molecule has 0 saturated heterocycles. The number of hydrogen-bond acceptors (Lipinski definition) is 4. The number of ether oxygens (including phenoxy) is 1. The van der Waals surface area contributed by atoms with Crippen LogP contribution in [-0.2, 0) is 14.3 Å². The second kappa shape index (κ2) is 6.03. The van der Waals surface area contributed by atoms with E-state index < -0.39 is 11.9 Å². The average Bonchev–Trinajstić information content (AvgIpc) is 2.99. The molecule has 0 aromatic heterocycles. The Balaban J connectivity index is 1.31. The van der Waals surface area contributed by atoms with Crippen LogP contribution in [0.1, 0.15) is 44.9 Å². The molecule has 2 bridgehead atoms. The van der Waals surface area contributed by atoms with Crippen molar-refractivity contribution in [2.75, 3.05) is 6.61 Å². The van der Waals surface area contributed by atoms with Crippen molar-refractivity contribution in [3.05, 3.63) is 0 Å². The number of urea groups is 1. The van der Waals surface area contributed by atoms with E-state index in [9.17, 15) is 14.4 Å². The van der Waals surface area contributed by atoms with E-state index in [1.165, 1.54) is 19.3 Å². The van der Waals surface area contributed by atoms with Crippen LogP contribution in [0.5, 0.6) is 0 Å². The summed E-state index contributed by atoms with van der Waals surface area (Å²) < 4.78 is 4.96. The van der Waals surface area contributed by atoms with Crippen LogP contribution in [0.3, 0.4) is 0 Å². The molecule has 0 radical (unpaired) electrons. The van der Waals surface area contributed by atoms with E-state index >= 15 is 0 Å². The van der Waals surface area contributed by atoms with Gasteiger partial charge in [-0.15, -0.1) is 0 Å². The number of rotatable bonds is 5. The monoisotopic (exact) mass is 294 g/mol. The number of fused-ring (bicyclic) bond motifs is 2. The molecule has 6 heteroatoms. The zero-order valence-electron chi connectivity index (χ0n) is 12.1. The minimum atomic E-state index is -0.575. The molecule has 6 nitrogen and oxygen atoms in total. The van der Waals surface area contributed by atoms with Crippen molar-refractivity contribution in [3.8, 4) is 0 Å². The minimum Gasteiger partial charge on any atom is -0.456 e. The lowest BCUT2D eigenvalue weighted by Crippen LogP contribution is -2.42. The van der Waals surface area contributed by atoms with Crippen LogP contribution in [0.2, 0.25) is 0 Å². The number of carbonyl (C=O) groups excluding carboxylic acids is 3. The molecule has 0 aromatic rings. The quantitative estimate of drug-likeness (QED) is 0.749. The Morgan fingerprint density at radius 1 is 1.05 bits per heavy atom. The first-order valence-electron chi connectivity index (χ1n) is 7.86. The van der Waals surface area contributed by atoms with Gasteiger partial charge in [-0.2, -0.15) is 0 Å². The summed E-state index contributed by atoms with van der Waals surface area (Å²) in [5.41, 5.74) is 0. The van der Waals surface area contributed by atoms with Crippen LogP contribution in [-0.4, -0.2) is 30.6 Å². The SMILES string of the molecule is O=C(COC(=O)C[C@H]1C[C@@H]2CC[C@H]1C2)NC(=O)NC1CC1. The third-order valence-electron chi connectivity index (χ3n) is 4.84. The molecule has 3 aliphatic rings. The number of esters is 1. The Labute approximate surface area is 124 Å². The second-order valence-corrected chi connectivity index (χ2v) is 6.60. The standard InChI is InChI=1S/C15H22N2O4/c18-13(17-15(20)16-12-3-4-12)8-21-14(19)7-11-6-9-1-2-10(11)5-9/h9-12H,1-8H2,(H2,16,17,18,20)/t9-,10+,11-/m1/s1. The van der Waals surface area contributed by atoms with Crippen molar-refractivity contribution in [1.82, 2.24) is 10.6 Å². The molecule has 21 heavy (non-hydrogen) atoms. The molecule has 3 saturated carbocycles. The van der Waals surface area contributed by atoms with E-state index in [0.717, 1.165) is 25.2 Å². The van der Waals surface area contributed by atoms with Crippen LogP contribution < -0.4 is 10.6 Å². The Morgan fingerprint density at radius 2 is 1.86 bits per heavy atom. The summed E-state index contributed by atoms with van der Waals surface area (Å²) in [6.45, 7) is -0.377. The molecule has 2 N–H and O–H groups in total. The van der Waals surface area contributed by atoms with Gasteiger partial charge in [-0.05, 0) is 49.9 Å². The van der Waals surface area contributed by atoms with Crippen LogP contribution >= 0.6 is 0 Å². The summed E-state index contributed by atoms with van der Waals surface area (Å²) in [6, 6.07) is -0.315. The predicted octanol–water partition coefficient (Wildman–Crippen LogP) is 1.34. The zero-order chi connectivity index (χ0) is 14.8. The first-order valence-corrected chi connectivity index (χ1v) is 7.86. The number of carbonyl (C=O) groups is 3. The summed E-state index contributed by atoms with van der Waals surface area (Å²) in [4.78, 5) is 34.6. The molecule has 0 unspecified atom stereocenters. The highest BCUT2D eigenvalue weighted by atomic mass is 16.5. The summed E-state index contributed by atoms with van der Waals surface area (Å²) in [5, 5.41) is 4.80. The summed E-state index contributed by atoms with van der Waals surface area (Å²) in [7, 11) is 0. The Kier molecular flexibility index (Phi) is 4.12. The van der Waals surface area contributed by atoms with Gasteiger partial charge in [0, 0.05) is 12.5 Å². The average molecular weight is 294 g/mol. The van der Waals surface area contributed by atoms with E-state index in [1.807, 2.05) is 0 Å². The first-order chi connectivity index (χ1) is 10.1. The van der Waals surface area contributed by atoms with Crippen LogP contribution in [0.25, 0.3) is 0 Å². The molecular formula is C15H22N2O4. The smallest absolute Gasteiger partial charge is 0.321 e. The van der Waals surface area contributed by atoms with Gasteiger partial charge in [0.05, 0.1) is 0 Å². The number of imide groups is 1. The molecule has 3 atom stereocenters. The molecular weight excluding hydrogens is 272 g/mol.